The first-order chi connectivity index (χ1) is 7.13. The van der Waals surface area contributed by atoms with Crippen LogP contribution in [-0.2, 0) is 0 Å². The molecule has 90 valence electrons. The second kappa shape index (κ2) is 8.57. The van der Waals surface area contributed by atoms with Crippen LogP contribution in [0.3, 0.4) is 0 Å². The third-order valence-electron chi connectivity index (χ3n) is 2.54. The smallest absolute Gasteiger partial charge is 0.195 e. The topological polar surface area (TPSA) is 18.8 Å². The van der Waals surface area contributed by atoms with Crippen molar-refractivity contribution >= 4 is 5.96 Å². The number of guanidine groups is 1. The van der Waals surface area contributed by atoms with Gasteiger partial charge >= 0.3 is 0 Å². The standard InChI is InChI=1S/C12H27N3/c1-6-7-8-9-10-11-15(5)12(13-2)14(3)4/h6-11H2,1-5H3. The Morgan fingerprint density at radius 2 is 1.60 bits per heavy atom. The van der Waals surface area contributed by atoms with E-state index in [0.29, 0.717) is 0 Å². The predicted molar refractivity (Wildman–Crippen MR) is 68.4 cm³/mol. The van der Waals surface area contributed by atoms with Crippen LogP contribution in [0.15, 0.2) is 4.99 Å². The fraction of sp³-hybridized carbons (Fsp3) is 0.917. The number of nitrogens with zero attached hydrogens (tertiary/aromatic N) is 3. The van der Waals surface area contributed by atoms with Gasteiger partial charge in [-0.25, -0.2) is 0 Å². The van der Waals surface area contributed by atoms with Gasteiger partial charge in [-0.3, -0.25) is 4.99 Å². The van der Waals surface area contributed by atoms with Gasteiger partial charge in [0.2, 0.25) is 0 Å². The Morgan fingerprint density at radius 1 is 1.00 bits per heavy atom. The first-order valence-electron chi connectivity index (χ1n) is 5.98. The van der Waals surface area contributed by atoms with E-state index in [1.807, 2.05) is 21.1 Å². The van der Waals surface area contributed by atoms with E-state index in [2.05, 4.69) is 28.8 Å². The van der Waals surface area contributed by atoms with E-state index in [0.717, 1.165) is 12.5 Å². The Balaban J connectivity index is 3.68. The zero-order chi connectivity index (χ0) is 11.7. The number of aliphatic imine (C=N–C) groups is 1. The van der Waals surface area contributed by atoms with E-state index in [4.69, 9.17) is 0 Å². The molecule has 0 unspecified atom stereocenters. The summed E-state index contributed by atoms with van der Waals surface area (Å²) in [7, 11) is 8.04. The van der Waals surface area contributed by atoms with Crippen molar-refractivity contribution in [2.24, 2.45) is 4.99 Å². The zero-order valence-corrected chi connectivity index (χ0v) is 11.1. The minimum atomic E-state index is 1.06. The van der Waals surface area contributed by atoms with Crippen molar-refractivity contribution in [3.8, 4) is 0 Å². The van der Waals surface area contributed by atoms with E-state index in [9.17, 15) is 0 Å². The van der Waals surface area contributed by atoms with Gasteiger partial charge in [-0.1, -0.05) is 32.6 Å². The minimum Gasteiger partial charge on any atom is -0.349 e. The molecule has 0 aliphatic heterocycles. The van der Waals surface area contributed by atoms with Crippen molar-refractivity contribution < 1.29 is 0 Å². The maximum atomic E-state index is 4.27. The summed E-state index contributed by atoms with van der Waals surface area (Å²) in [6.45, 7) is 3.36. The lowest BCUT2D eigenvalue weighted by atomic mass is 10.1. The predicted octanol–water partition coefficient (Wildman–Crippen LogP) is 2.44. The van der Waals surface area contributed by atoms with Gasteiger partial charge in [0.1, 0.15) is 0 Å². The van der Waals surface area contributed by atoms with Gasteiger partial charge in [0.15, 0.2) is 5.96 Å². The molecular weight excluding hydrogens is 186 g/mol. The van der Waals surface area contributed by atoms with Gasteiger partial charge in [0.25, 0.3) is 0 Å². The highest BCUT2D eigenvalue weighted by molar-refractivity contribution is 5.79. The van der Waals surface area contributed by atoms with Gasteiger partial charge in [0, 0.05) is 34.7 Å². The molecule has 0 radical (unpaired) electrons. The molecule has 0 N–H and O–H groups in total. The van der Waals surface area contributed by atoms with Crippen LogP contribution in [0.1, 0.15) is 39.0 Å². The van der Waals surface area contributed by atoms with Gasteiger partial charge in [-0.05, 0) is 6.42 Å². The molecule has 3 nitrogen and oxygen atoms in total. The summed E-state index contributed by atoms with van der Waals surface area (Å²) in [6, 6.07) is 0. The summed E-state index contributed by atoms with van der Waals surface area (Å²) >= 11 is 0. The van der Waals surface area contributed by atoms with Gasteiger partial charge in [-0.2, -0.15) is 0 Å². The second-order valence-corrected chi connectivity index (χ2v) is 4.25. The first kappa shape index (κ1) is 14.3. The average molecular weight is 213 g/mol. The van der Waals surface area contributed by atoms with Crippen LogP contribution in [0, 0.1) is 0 Å². The van der Waals surface area contributed by atoms with Crippen molar-refractivity contribution in [2.45, 2.75) is 39.0 Å². The van der Waals surface area contributed by atoms with E-state index in [1.165, 1.54) is 32.1 Å². The van der Waals surface area contributed by atoms with Crippen LogP contribution in [-0.4, -0.2) is 50.5 Å². The van der Waals surface area contributed by atoms with E-state index < -0.39 is 0 Å². The molecular formula is C12H27N3. The Morgan fingerprint density at radius 3 is 2.07 bits per heavy atom. The Hall–Kier alpha value is -0.730. The van der Waals surface area contributed by atoms with Crippen molar-refractivity contribution in [3.63, 3.8) is 0 Å². The molecule has 0 heterocycles. The van der Waals surface area contributed by atoms with E-state index in [-0.39, 0.29) is 0 Å². The highest BCUT2D eigenvalue weighted by Crippen LogP contribution is 2.03. The van der Waals surface area contributed by atoms with Crippen LogP contribution >= 0.6 is 0 Å². The van der Waals surface area contributed by atoms with Gasteiger partial charge in [0.05, 0.1) is 0 Å². The highest BCUT2D eigenvalue weighted by Gasteiger charge is 2.06. The molecule has 0 spiro atoms. The molecule has 0 saturated heterocycles. The fourth-order valence-electron chi connectivity index (χ4n) is 1.76. The monoisotopic (exact) mass is 213 g/mol. The quantitative estimate of drug-likeness (QED) is 0.383. The third-order valence-corrected chi connectivity index (χ3v) is 2.54. The second-order valence-electron chi connectivity index (χ2n) is 4.25. The number of hydrogen-bond donors (Lipinski definition) is 0. The Kier molecular flexibility index (Phi) is 8.15. The van der Waals surface area contributed by atoms with Gasteiger partial charge in [-0.15, -0.1) is 0 Å². The summed E-state index contributed by atoms with van der Waals surface area (Å²) in [4.78, 5) is 8.56. The maximum Gasteiger partial charge on any atom is 0.195 e. The lowest BCUT2D eigenvalue weighted by Crippen LogP contribution is -2.38. The molecule has 0 rings (SSSR count). The zero-order valence-electron chi connectivity index (χ0n) is 11.1. The molecule has 0 bridgehead atoms. The first-order valence-corrected chi connectivity index (χ1v) is 5.98. The third kappa shape index (κ3) is 6.37. The molecule has 0 aromatic rings. The van der Waals surface area contributed by atoms with E-state index >= 15 is 0 Å². The normalized spacial score (nSPS) is 11.7. The number of rotatable bonds is 6. The van der Waals surface area contributed by atoms with Crippen LogP contribution < -0.4 is 0 Å². The maximum absolute atomic E-state index is 4.27. The molecule has 0 aliphatic rings. The summed E-state index contributed by atoms with van der Waals surface area (Å²) in [5, 5.41) is 0. The Labute approximate surface area is 95.2 Å². The molecule has 0 amide bonds. The highest BCUT2D eigenvalue weighted by atomic mass is 15.3. The molecule has 0 aromatic heterocycles. The lowest BCUT2D eigenvalue weighted by molar-refractivity contribution is 0.407. The number of unbranched alkanes of at least 4 members (excludes halogenated alkanes) is 4. The van der Waals surface area contributed by atoms with Crippen molar-refractivity contribution in [1.29, 1.82) is 0 Å². The van der Waals surface area contributed by atoms with Gasteiger partial charge < -0.3 is 9.80 Å². The molecule has 0 saturated carbocycles. The molecule has 15 heavy (non-hydrogen) atoms. The van der Waals surface area contributed by atoms with Crippen LogP contribution in [0.25, 0.3) is 0 Å². The van der Waals surface area contributed by atoms with Crippen molar-refractivity contribution in [3.05, 3.63) is 0 Å². The molecule has 0 aromatic carbocycles. The van der Waals surface area contributed by atoms with E-state index in [1.54, 1.807) is 0 Å². The summed E-state index contributed by atoms with van der Waals surface area (Å²) in [5.74, 6) is 1.06. The minimum absolute atomic E-state index is 1.06. The van der Waals surface area contributed by atoms with Crippen molar-refractivity contribution in [1.82, 2.24) is 9.80 Å². The van der Waals surface area contributed by atoms with Crippen molar-refractivity contribution in [2.75, 3.05) is 34.7 Å². The summed E-state index contributed by atoms with van der Waals surface area (Å²) in [5.41, 5.74) is 0. The molecule has 0 atom stereocenters. The molecule has 3 heteroatoms. The van der Waals surface area contributed by atoms with Crippen LogP contribution in [0.5, 0.6) is 0 Å². The SMILES string of the molecule is CCCCCCCN(C)C(=NC)N(C)C. The fourth-order valence-corrected chi connectivity index (χ4v) is 1.76. The molecule has 0 aliphatic carbocycles. The van der Waals surface area contributed by atoms with Crippen LogP contribution in [0.4, 0.5) is 0 Å². The Bertz CT molecular complexity index is 176. The summed E-state index contributed by atoms with van der Waals surface area (Å²) < 4.78 is 0. The number of hydrogen-bond acceptors (Lipinski definition) is 1. The lowest BCUT2D eigenvalue weighted by Gasteiger charge is -2.26. The summed E-state index contributed by atoms with van der Waals surface area (Å²) in [6.07, 6.45) is 6.65. The largest absolute Gasteiger partial charge is 0.349 e. The average Bonchev–Trinajstić information content (AvgIpc) is 2.18. The molecule has 0 fully saturated rings. The van der Waals surface area contributed by atoms with Crippen LogP contribution in [0.2, 0.25) is 0 Å².